The molecule has 1 fully saturated rings. The summed E-state index contributed by atoms with van der Waals surface area (Å²) in [6.07, 6.45) is 3.43. The van der Waals surface area contributed by atoms with Crippen LogP contribution < -0.4 is 0 Å². The molecule has 2 N–H and O–H groups in total. The Morgan fingerprint density at radius 1 is 1.13 bits per heavy atom. The Morgan fingerprint density at radius 2 is 1.94 bits per heavy atom. The molecule has 2 unspecified atom stereocenters. The van der Waals surface area contributed by atoms with Gasteiger partial charge in [-0.1, -0.05) is 24.3 Å². The van der Waals surface area contributed by atoms with E-state index in [4.69, 9.17) is 0 Å². The summed E-state index contributed by atoms with van der Waals surface area (Å²) < 4.78 is 14.1. The highest BCUT2D eigenvalue weighted by atomic mass is 32.2. The molecule has 6 rings (SSSR count). The Balaban J connectivity index is 1.58. The highest BCUT2D eigenvalue weighted by molar-refractivity contribution is 7.98. The number of aliphatic hydroxyl groups is 2. The molecule has 2 aromatic rings. The van der Waals surface area contributed by atoms with Gasteiger partial charge in [0.05, 0.1) is 6.04 Å². The molecular formula is C24H21FN2O3S. The lowest BCUT2D eigenvalue weighted by Gasteiger charge is -2.48. The van der Waals surface area contributed by atoms with E-state index in [0.717, 1.165) is 34.4 Å². The number of aliphatic hydroxyl groups excluding tert-OH is 2. The first kappa shape index (κ1) is 19.1. The van der Waals surface area contributed by atoms with Crippen molar-refractivity contribution in [2.75, 3.05) is 6.54 Å². The van der Waals surface area contributed by atoms with Gasteiger partial charge >= 0.3 is 0 Å². The van der Waals surface area contributed by atoms with Crippen LogP contribution in [0.2, 0.25) is 0 Å². The van der Waals surface area contributed by atoms with Gasteiger partial charge in [0.25, 0.3) is 0 Å². The van der Waals surface area contributed by atoms with E-state index < -0.39 is 17.3 Å². The first-order valence-electron chi connectivity index (χ1n) is 10.4. The lowest BCUT2D eigenvalue weighted by molar-refractivity contribution is -0.129. The summed E-state index contributed by atoms with van der Waals surface area (Å²) >= 11 is 1.68. The molecule has 2 aromatic carbocycles. The molecule has 0 bridgehead atoms. The molecule has 0 saturated heterocycles. The highest BCUT2D eigenvalue weighted by Crippen LogP contribution is 2.58. The SMILES string of the molecule is O=C1C2=C(O)C3(CC3)CN(C3c4ccc(F)cc4CSc4ccccc43)N2C=CC1O. The summed E-state index contributed by atoms with van der Waals surface area (Å²) in [4.78, 5) is 14.0. The Hall–Kier alpha value is -2.61. The normalized spacial score (nSPS) is 26.4. The number of benzene rings is 2. The molecule has 31 heavy (non-hydrogen) atoms. The van der Waals surface area contributed by atoms with E-state index in [1.807, 2.05) is 18.2 Å². The van der Waals surface area contributed by atoms with Crippen molar-refractivity contribution in [1.29, 1.82) is 0 Å². The van der Waals surface area contributed by atoms with Crippen LogP contribution in [0.5, 0.6) is 0 Å². The van der Waals surface area contributed by atoms with E-state index in [1.54, 1.807) is 29.0 Å². The Bertz CT molecular complexity index is 1170. The second kappa shape index (κ2) is 6.69. The van der Waals surface area contributed by atoms with Gasteiger partial charge in [-0.05, 0) is 53.8 Å². The average Bonchev–Trinajstić information content (AvgIpc) is 3.56. The Kier molecular flexibility index (Phi) is 4.12. The number of thioether (sulfide) groups is 1. The van der Waals surface area contributed by atoms with Gasteiger partial charge in [0.1, 0.15) is 23.4 Å². The van der Waals surface area contributed by atoms with Gasteiger partial charge in [-0.25, -0.2) is 9.40 Å². The number of hydrogen-bond acceptors (Lipinski definition) is 6. The summed E-state index contributed by atoms with van der Waals surface area (Å²) in [5.41, 5.74) is 2.67. The average molecular weight is 437 g/mol. The van der Waals surface area contributed by atoms with Crippen molar-refractivity contribution in [3.05, 3.63) is 88.7 Å². The van der Waals surface area contributed by atoms with Crippen molar-refractivity contribution in [2.45, 2.75) is 35.6 Å². The van der Waals surface area contributed by atoms with Crippen LogP contribution in [0.15, 0.2) is 71.1 Å². The molecule has 3 heterocycles. The van der Waals surface area contributed by atoms with Crippen LogP contribution in [0, 0.1) is 11.2 Å². The zero-order valence-electron chi connectivity index (χ0n) is 16.7. The predicted molar refractivity (Wildman–Crippen MR) is 114 cm³/mol. The first-order chi connectivity index (χ1) is 15.0. The van der Waals surface area contributed by atoms with Gasteiger partial charge in [0.15, 0.2) is 0 Å². The maximum absolute atomic E-state index is 14.1. The van der Waals surface area contributed by atoms with Crippen molar-refractivity contribution in [2.24, 2.45) is 5.41 Å². The van der Waals surface area contributed by atoms with Gasteiger partial charge in [-0.3, -0.25) is 9.80 Å². The van der Waals surface area contributed by atoms with Gasteiger partial charge in [0, 0.05) is 28.8 Å². The lowest BCUT2D eigenvalue weighted by Crippen LogP contribution is -2.53. The van der Waals surface area contributed by atoms with E-state index in [9.17, 15) is 19.4 Å². The number of Topliss-reactive ketones (excluding diaryl/α,β-unsaturated/α-hetero) is 1. The molecule has 4 aliphatic rings. The zero-order chi connectivity index (χ0) is 21.3. The third-order valence-electron chi connectivity index (χ3n) is 6.76. The standard InChI is InChI=1S/C24H21FN2O3S/c25-15-5-6-16-14(11-15)12-31-19-4-2-1-3-17(19)20(16)27-13-24(8-9-24)23(30)21-22(29)18(28)7-10-26(21)27/h1-7,10-11,18,20,28,30H,8-9,12-13H2. The number of carbonyl (C=O) groups is 1. The first-order valence-corrected chi connectivity index (χ1v) is 11.4. The largest absolute Gasteiger partial charge is 0.509 e. The minimum atomic E-state index is -1.26. The van der Waals surface area contributed by atoms with Gasteiger partial charge in [-0.15, -0.1) is 11.8 Å². The van der Waals surface area contributed by atoms with Crippen molar-refractivity contribution in [1.82, 2.24) is 10.0 Å². The number of ketones is 1. The molecule has 1 aliphatic carbocycles. The van der Waals surface area contributed by atoms with Crippen molar-refractivity contribution < 1.29 is 19.4 Å². The Labute approximate surface area is 183 Å². The number of fused-ring (bicyclic) bond motifs is 3. The monoisotopic (exact) mass is 436 g/mol. The molecular weight excluding hydrogens is 415 g/mol. The third kappa shape index (κ3) is 2.80. The molecule has 3 aliphatic heterocycles. The molecule has 7 heteroatoms. The van der Waals surface area contributed by atoms with Crippen molar-refractivity contribution >= 4 is 17.5 Å². The molecule has 5 nitrogen and oxygen atoms in total. The van der Waals surface area contributed by atoms with Crippen molar-refractivity contribution in [3.63, 3.8) is 0 Å². The van der Waals surface area contributed by atoms with Crippen LogP contribution in [-0.4, -0.2) is 38.7 Å². The topological polar surface area (TPSA) is 64.0 Å². The number of hydrazine groups is 1. The van der Waals surface area contributed by atoms with Gasteiger partial charge in [0.2, 0.25) is 5.78 Å². The molecule has 0 amide bonds. The third-order valence-corrected chi connectivity index (χ3v) is 7.89. The zero-order valence-corrected chi connectivity index (χ0v) is 17.5. The fraction of sp³-hybridized carbons (Fsp3) is 0.292. The van der Waals surface area contributed by atoms with E-state index >= 15 is 0 Å². The van der Waals surface area contributed by atoms with Crippen molar-refractivity contribution in [3.8, 4) is 0 Å². The predicted octanol–water partition coefficient (Wildman–Crippen LogP) is 4.06. The number of nitrogens with zero attached hydrogens (tertiary/aromatic N) is 2. The van der Waals surface area contributed by atoms with E-state index in [2.05, 4.69) is 17.1 Å². The van der Waals surface area contributed by atoms with Crippen LogP contribution >= 0.6 is 11.8 Å². The van der Waals surface area contributed by atoms with E-state index in [0.29, 0.717) is 12.3 Å². The van der Waals surface area contributed by atoms with Gasteiger partial charge in [-0.2, -0.15) is 0 Å². The van der Waals surface area contributed by atoms with Crippen LogP contribution in [0.4, 0.5) is 4.39 Å². The molecule has 0 radical (unpaired) electrons. The summed E-state index contributed by atoms with van der Waals surface area (Å²) in [5, 5.41) is 24.9. The molecule has 1 saturated carbocycles. The quantitative estimate of drug-likeness (QED) is 0.703. The van der Waals surface area contributed by atoms with Crippen LogP contribution in [0.25, 0.3) is 0 Å². The summed E-state index contributed by atoms with van der Waals surface area (Å²) in [7, 11) is 0. The fourth-order valence-corrected chi connectivity index (χ4v) is 6.02. The molecule has 158 valence electrons. The number of hydrogen-bond donors (Lipinski definition) is 2. The fourth-order valence-electron chi connectivity index (χ4n) is 4.94. The lowest BCUT2D eigenvalue weighted by atomic mass is 9.90. The smallest absolute Gasteiger partial charge is 0.216 e. The maximum atomic E-state index is 14.1. The molecule has 0 aromatic heterocycles. The van der Waals surface area contributed by atoms with Crippen LogP contribution in [0.3, 0.4) is 0 Å². The minimum absolute atomic E-state index is 0.0766. The number of rotatable bonds is 1. The van der Waals surface area contributed by atoms with Crippen LogP contribution in [-0.2, 0) is 10.5 Å². The summed E-state index contributed by atoms with van der Waals surface area (Å²) in [5.74, 6) is -0.0313. The minimum Gasteiger partial charge on any atom is -0.509 e. The second-order valence-corrected chi connectivity index (χ2v) is 9.66. The van der Waals surface area contributed by atoms with E-state index in [1.165, 1.54) is 12.1 Å². The second-order valence-electron chi connectivity index (χ2n) is 8.64. The molecule has 1 spiro atoms. The van der Waals surface area contributed by atoms with Crippen LogP contribution in [0.1, 0.15) is 35.6 Å². The molecule has 2 atom stereocenters. The Morgan fingerprint density at radius 3 is 2.74 bits per heavy atom. The van der Waals surface area contributed by atoms with E-state index in [-0.39, 0.29) is 23.3 Å². The van der Waals surface area contributed by atoms with Gasteiger partial charge < -0.3 is 10.2 Å². The number of halogens is 1. The highest BCUT2D eigenvalue weighted by Gasteiger charge is 2.57. The summed E-state index contributed by atoms with van der Waals surface area (Å²) in [6, 6.07) is 12.8. The maximum Gasteiger partial charge on any atom is 0.216 e. The number of carbonyl (C=O) groups excluding carboxylic acids is 1. The summed E-state index contributed by atoms with van der Waals surface area (Å²) in [6.45, 7) is 0.538.